The molecule has 3 nitrogen and oxygen atoms in total. The van der Waals surface area contributed by atoms with Gasteiger partial charge >= 0.3 is 6.18 Å². The molecule has 0 unspecified atom stereocenters. The van der Waals surface area contributed by atoms with Gasteiger partial charge in [-0.1, -0.05) is 6.92 Å². The number of rotatable bonds is 5. The molecular weight excluding hydrogens is 231 g/mol. The van der Waals surface area contributed by atoms with E-state index in [-0.39, 0.29) is 6.54 Å². The van der Waals surface area contributed by atoms with E-state index in [9.17, 15) is 13.2 Å². The molecule has 1 rings (SSSR count). The molecule has 1 heterocycles. The van der Waals surface area contributed by atoms with E-state index in [1.807, 2.05) is 17.7 Å². The van der Waals surface area contributed by atoms with Gasteiger partial charge in [-0.3, -0.25) is 0 Å². The Balaban J connectivity index is 2.36. The smallest absolute Gasteiger partial charge is 0.334 e. The molecule has 1 aromatic heterocycles. The van der Waals surface area contributed by atoms with Crippen LogP contribution in [-0.4, -0.2) is 40.8 Å². The summed E-state index contributed by atoms with van der Waals surface area (Å²) in [7, 11) is 1.70. The summed E-state index contributed by atoms with van der Waals surface area (Å²) in [5.74, 6) is -0.418. The lowest BCUT2D eigenvalue weighted by molar-refractivity contribution is -0.173. The Bertz CT molecular complexity index is 346. The van der Waals surface area contributed by atoms with Crippen molar-refractivity contribution in [3.05, 3.63) is 18.2 Å². The van der Waals surface area contributed by atoms with Crippen LogP contribution < -0.4 is 0 Å². The second kappa shape index (κ2) is 5.53. The zero-order chi connectivity index (χ0) is 13.1. The summed E-state index contributed by atoms with van der Waals surface area (Å²) in [6.45, 7) is 4.35. The highest BCUT2D eigenvalue weighted by Gasteiger charge is 2.36. The predicted octanol–water partition coefficient (Wildman–Crippen LogP) is 2.32. The fourth-order valence-corrected chi connectivity index (χ4v) is 1.58. The van der Waals surface area contributed by atoms with Gasteiger partial charge in [-0.05, 0) is 14.0 Å². The van der Waals surface area contributed by atoms with Crippen molar-refractivity contribution in [2.24, 2.45) is 5.92 Å². The van der Waals surface area contributed by atoms with E-state index >= 15 is 0 Å². The van der Waals surface area contributed by atoms with Gasteiger partial charge in [-0.2, -0.15) is 13.2 Å². The minimum absolute atomic E-state index is 0.0250. The van der Waals surface area contributed by atoms with Gasteiger partial charge in [0.2, 0.25) is 0 Å². The Kier molecular flexibility index (Phi) is 4.56. The van der Waals surface area contributed by atoms with Crippen molar-refractivity contribution in [3.63, 3.8) is 0 Å². The molecule has 98 valence electrons. The maximum atomic E-state index is 12.3. The molecule has 0 saturated heterocycles. The molecule has 1 aromatic rings. The molecule has 1 atom stereocenters. The molecule has 6 heteroatoms. The summed E-state index contributed by atoms with van der Waals surface area (Å²) in [5, 5.41) is 0. The fourth-order valence-electron chi connectivity index (χ4n) is 1.58. The van der Waals surface area contributed by atoms with Gasteiger partial charge in [0.1, 0.15) is 5.82 Å². The van der Waals surface area contributed by atoms with E-state index in [2.05, 4.69) is 4.98 Å². The molecule has 0 radical (unpaired) electrons. The van der Waals surface area contributed by atoms with Gasteiger partial charge in [-0.15, -0.1) is 0 Å². The Hall–Kier alpha value is -1.04. The maximum absolute atomic E-state index is 12.3. The first-order valence-corrected chi connectivity index (χ1v) is 5.53. The zero-order valence-electron chi connectivity index (χ0n) is 10.3. The minimum atomic E-state index is -4.11. The second-order valence-corrected chi connectivity index (χ2v) is 4.37. The molecule has 0 N–H and O–H groups in total. The maximum Gasteiger partial charge on any atom is 0.392 e. The Morgan fingerprint density at radius 3 is 2.59 bits per heavy atom. The molecule has 0 saturated carbocycles. The fraction of sp³-hybridized carbons (Fsp3) is 0.727. The lowest BCUT2D eigenvalue weighted by Gasteiger charge is -2.23. The molecule has 17 heavy (non-hydrogen) atoms. The van der Waals surface area contributed by atoms with Crippen molar-refractivity contribution < 1.29 is 13.2 Å². The SMILES string of the molecule is Cc1nccn1CCN(C)C[C@H](C)C(F)(F)F. The summed E-state index contributed by atoms with van der Waals surface area (Å²) in [5.41, 5.74) is 0. The molecule has 0 aliphatic carbocycles. The number of alkyl halides is 3. The van der Waals surface area contributed by atoms with Crippen LogP contribution in [0.5, 0.6) is 0 Å². The van der Waals surface area contributed by atoms with E-state index in [1.165, 1.54) is 6.92 Å². The number of likely N-dealkylation sites (N-methyl/N-ethyl adjacent to an activating group) is 1. The third kappa shape index (κ3) is 4.38. The number of aromatic nitrogens is 2. The molecule has 0 aromatic carbocycles. The molecule has 0 aliphatic rings. The number of hydrogen-bond donors (Lipinski definition) is 0. The monoisotopic (exact) mass is 249 g/mol. The Labute approximate surface area is 99.2 Å². The number of imidazole rings is 1. The van der Waals surface area contributed by atoms with Crippen LogP contribution in [0.3, 0.4) is 0 Å². The van der Waals surface area contributed by atoms with Crippen molar-refractivity contribution >= 4 is 0 Å². The van der Waals surface area contributed by atoms with Crippen LogP contribution in [0, 0.1) is 12.8 Å². The molecule has 0 bridgehead atoms. The van der Waals surface area contributed by atoms with Gasteiger partial charge in [0, 0.05) is 32.0 Å². The van der Waals surface area contributed by atoms with Gasteiger partial charge in [0.05, 0.1) is 5.92 Å². The summed E-state index contributed by atoms with van der Waals surface area (Å²) >= 11 is 0. The molecular formula is C11H18F3N3. The summed E-state index contributed by atoms with van der Waals surface area (Å²) < 4.78 is 39.0. The number of hydrogen-bond acceptors (Lipinski definition) is 2. The normalized spacial score (nSPS) is 14.3. The van der Waals surface area contributed by atoms with Crippen LogP contribution in [0.2, 0.25) is 0 Å². The predicted molar refractivity (Wildman–Crippen MR) is 59.7 cm³/mol. The first-order valence-electron chi connectivity index (χ1n) is 5.53. The molecule has 0 spiro atoms. The van der Waals surface area contributed by atoms with Crippen molar-refractivity contribution in [1.29, 1.82) is 0 Å². The van der Waals surface area contributed by atoms with Gasteiger partial charge in [0.15, 0.2) is 0 Å². The molecule has 0 fully saturated rings. The van der Waals surface area contributed by atoms with Crippen molar-refractivity contribution in [1.82, 2.24) is 14.5 Å². The van der Waals surface area contributed by atoms with Crippen LogP contribution >= 0.6 is 0 Å². The largest absolute Gasteiger partial charge is 0.392 e. The average molecular weight is 249 g/mol. The van der Waals surface area contributed by atoms with Crippen LogP contribution in [0.25, 0.3) is 0 Å². The third-order valence-electron chi connectivity index (χ3n) is 2.79. The van der Waals surface area contributed by atoms with Crippen LogP contribution in [0.1, 0.15) is 12.7 Å². The molecule has 0 amide bonds. The quantitative estimate of drug-likeness (QED) is 0.798. The highest BCUT2D eigenvalue weighted by molar-refractivity contribution is 4.88. The average Bonchev–Trinajstić information content (AvgIpc) is 2.59. The van der Waals surface area contributed by atoms with E-state index < -0.39 is 12.1 Å². The van der Waals surface area contributed by atoms with E-state index in [1.54, 1.807) is 18.1 Å². The highest BCUT2D eigenvalue weighted by atomic mass is 19.4. The standard InChI is InChI=1S/C11H18F3N3/c1-9(11(12,13)14)8-16(3)6-7-17-5-4-15-10(17)2/h4-5,9H,6-8H2,1-3H3/t9-/m0/s1. The van der Waals surface area contributed by atoms with Crippen LogP contribution in [-0.2, 0) is 6.54 Å². The zero-order valence-corrected chi connectivity index (χ0v) is 10.3. The first kappa shape index (κ1) is 14.0. The van der Waals surface area contributed by atoms with Crippen molar-refractivity contribution in [2.45, 2.75) is 26.6 Å². The summed E-state index contributed by atoms with van der Waals surface area (Å²) in [6, 6.07) is 0. The van der Waals surface area contributed by atoms with E-state index in [0.717, 1.165) is 5.82 Å². The van der Waals surface area contributed by atoms with Crippen molar-refractivity contribution in [2.75, 3.05) is 20.1 Å². The number of aryl methyl sites for hydroxylation is 1. The number of halogens is 3. The topological polar surface area (TPSA) is 21.1 Å². The summed E-state index contributed by atoms with van der Waals surface area (Å²) in [4.78, 5) is 5.75. The van der Waals surface area contributed by atoms with Gasteiger partial charge in [-0.25, -0.2) is 4.98 Å². The Morgan fingerprint density at radius 2 is 2.12 bits per heavy atom. The van der Waals surface area contributed by atoms with Crippen LogP contribution in [0.15, 0.2) is 12.4 Å². The van der Waals surface area contributed by atoms with Gasteiger partial charge < -0.3 is 9.47 Å². The van der Waals surface area contributed by atoms with Gasteiger partial charge in [0.25, 0.3) is 0 Å². The molecule has 0 aliphatic heterocycles. The minimum Gasteiger partial charge on any atom is -0.334 e. The van der Waals surface area contributed by atoms with E-state index in [4.69, 9.17) is 0 Å². The number of nitrogens with zero attached hydrogens (tertiary/aromatic N) is 3. The third-order valence-corrected chi connectivity index (χ3v) is 2.79. The Morgan fingerprint density at radius 1 is 1.47 bits per heavy atom. The lowest BCUT2D eigenvalue weighted by Crippen LogP contribution is -2.34. The highest BCUT2D eigenvalue weighted by Crippen LogP contribution is 2.25. The van der Waals surface area contributed by atoms with E-state index in [0.29, 0.717) is 13.1 Å². The summed E-state index contributed by atoms with van der Waals surface area (Å²) in [6.07, 6.45) is -0.594. The van der Waals surface area contributed by atoms with Crippen molar-refractivity contribution in [3.8, 4) is 0 Å². The second-order valence-electron chi connectivity index (χ2n) is 4.37. The van der Waals surface area contributed by atoms with Crippen LogP contribution in [0.4, 0.5) is 13.2 Å². The lowest BCUT2D eigenvalue weighted by atomic mass is 10.1. The first-order chi connectivity index (χ1) is 7.80.